The van der Waals surface area contributed by atoms with Gasteiger partial charge in [-0.05, 0) is 43.9 Å². The van der Waals surface area contributed by atoms with Crippen LogP contribution < -0.4 is 11.1 Å². The molecule has 3 N–H and O–H groups in total. The molecular weight excluding hydrogens is 172 g/mol. The molecule has 1 aromatic carbocycles. The molecule has 14 heavy (non-hydrogen) atoms. The lowest BCUT2D eigenvalue weighted by atomic mass is 9.82. The Bertz CT molecular complexity index is 355. The molecule has 0 unspecified atom stereocenters. The summed E-state index contributed by atoms with van der Waals surface area (Å²) in [5, 5.41) is 3.53. The molecule has 2 nitrogen and oxygen atoms in total. The first-order valence-electron chi connectivity index (χ1n) is 5.15. The van der Waals surface area contributed by atoms with Crippen molar-refractivity contribution in [1.29, 1.82) is 0 Å². The summed E-state index contributed by atoms with van der Waals surface area (Å²) >= 11 is 0. The Kier molecular flexibility index (Phi) is 1.95. The molecule has 0 spiro atoms. The van der Waals surface area contributed by atoms with Gasteiger partial charge < -0.3 is 11.1 Å². The second-order valence-electron chi connectivity index (χ2n) is 4.96. The maximum absolute atomic E-state index is 5.78. The van der Waals surface area contributed by atoms with E-state index in [4.69, 9.17) is 5.73 Å². The molecule has 0 bridgehead atoms. The minimum Gasteiger partial charge on any atom is -0.399 e. The maximum atomic E-state index is 5.78. The molecule has 1 aliphatic heterocycles. The summed E-state index contributed by atoms with van der Waals surface area (Å²) in [6, 6.07) is 6.15. The second kappa shape index (κ2) is 2.91. The Balaban J connectivity index is 2.46. The molecule has 0 saturated carbocycles. The van der Waals surface area contributed by atoms with E-state index in [0.717, 1.165) is 5.69 Å². The van der Waals surface area contributed by atoms with Gasteiger partial charge in [0.15, 0.2) is 0 Å². The molecule has 1 atom stereocenters. The summed E-state index contributed by atoms with van der Waals surface area (Å²) in [6.07, 6.45) is 1.17. The zero-order chi connectivity index (χ0) is 10.3. The van der Waals surface area contributed by atoms with E-state index < -0.39 is 0 Å². The average Bonchev–Trinajstić information content (AvgIpc) is 2.00. The molecule has 0 aliphatic carbocycles. The third-order valence-corrected chi connectivity index (χ3v) is 2.90. The van der Waals surface area contributed by atoms with Crippen molar-refractivity contribution in [3.05, 3.63) is 23.8 Å². The van der Waals surface area contributed by atoms with Gasteiger partial charge in [0, 0.05) is 16.9 Å². The Labute approximate surface area is 85.5 Å². The van der Waals surface area contributed by atoms with Gasteiger partial charge in [0.05, 0.1) is 0 Å². The normalized spacial score (nSPS) is 23.8. The number of rotatable bonds is 0. The van der Waals surface area contributed by atoms with Crippen LogP contribution in [-0.4, -0.2) is 5.54 Å². The zero-order valence-electron chi connectivity index (χ0n) is 9.09. The summed E-state index contributed by atoms with van der Waals surface area (Å²) in [6.45, 7) is 6.74. The van der Waals surface area contributed by atoms with E-state index in [0.29, 0.717) is 5.92 Å². The van der Waals surface area contributed by atoms with Gasteiger partial charge in [0.25, 0.3) is 0 Å². The summed E-state index contributed by atoms with van der Waals surface area (Å²) in [5.41, 5.74) is 9.38. The van der Waals surface area contributed by atoms with Gasteiger partial charge in [-0.3, -0.25) is 0 Å². The molecule has 0 amide bonds. The van der Waals surface area contributed by atoms with Crippen LogP contribution in [-0.2, 0) is 0 Å². The number of benzene rings is 1. The minimum atomic E-state index is 0.181. The van der Waals surface area contributed by atoms with Gasteiger partial charge >= 0.3 is 0 Å². The first-order chi connectivity index (χ1) is 6.48. The first-order valence-corrected chi connectivity index (χ1v) is 5.15. The van der Waals surface area contributed by atoms with E-state index in [1.54, 1.807) is 0 Å². The summed E-state index contributed by atoms with van der Waals surface area (Å²) in [4.78, 5) is 0. The van der Waals surface area contributed by atoms with Crippen LogP contribution in [0, 0.1) is 0 Å². The van der Waals surface area contributed by atoms with Gasteiger partial charge in [-0.25, -0.2) is 0 Å². The van der Waals surface area contributed by atoms with E-state index in [1.807, 2.05) is 12.1 Å². The van der Waals surface area contributed by atoms with Crippen molar-refractivity contribution < 1.29 is 0 Å². The van der Waals surface area contributed by atoms with Gasteiger partial charge in [-0.2, -0.15) is 0 Å². The van der Waals surface area contributed by atoms with Gasteiger partial charge in [-0.15, -0.1) is 0 Å². The zero-order valence-corrected chi connectivity index (χ0v) is 9.09. The Hall–Kier alpha value is -1.18. The van der Waals surface area contributed by atoms with E-state index >= 15 is 0 Å². The van der Waals surface area contributed by atoms with E-state index in [2.05, 4.69) is 32.2 Å². The quantitative estimate of drug-likeness (QED) is 0.617. The monoisotopic (exact) mass is 190 g/mol. The fourth-order valence-corrected chi connectivity index (χ4v) is 2.40. The topological polar surface area (TPSA) is 38.0 Å². The third kappa shape index (κ3) is 1.57. The molecule has 0 fully saturated rings. The van der Waals surface area contributed by atoms with Crippen molar-refractivity contribution >= 4 is 11.4 Å². The molecule has 2 rings (SSSR count). The molecule has 1 heterocycles. The van der Waals surface area contributed by atoms with Crippen molar-refractivity contribution in [2.24, 2.45) is 0 Å². The highest BCUT2D eigenvalue weighted by Crippen LogP contribution is 2.39. The van der Waals surface area contributed by atoms with E-state index in [9.17, 15) is 0 Å². The lowest BCUT2D eigenvalue weighted by molar-refractivity contribution is 0.454. The number of hydrogen-bond acceptors (Lipinski definition) is 2. The molecule has 1 aromatic rings. The van der Waals surface area contributed by atoms with Crippen LogP contribution in [0.5, 0.6) is 0 Å². The number of anilines is 2. The SMILES string of the molecule is C[C@H]1CC(C)(C)Nc2cc(N)ccc21. The van der Waals surface area contributed by atoms with Crippen LogP contribution in [0.25, 0.3) is 0 Å². The number of nitrogens with one attached hydrogen (secondary N) is 1. The van der Waals surface area contributed by atoms with Crippen molar-refractivity contribution in [2.45, 2.75) is 38.6 Å². The number of hydrogen-bond donors (Lipinski definition) is 2. The minimum absolute atomic E-state index is 0.181. The number of fused-ring (bicyclic) bond motifs is 1. The van der Waals surface area contributed by atoms with Gasteiger partial charge in [-0.1, -0.05) is 13.0 Å². The Morgan fingerprint density at radius 3 is 2.86 bits per heavy atom. The standard InChI is InChI=1S/C12H18N2/c1-8-7-12(2,3)14-11-6-9(13)4-5-10(8)11/h4-6,8,14H,7,13H2,1-3H3/t8-/m0/s1. The van der Waals surface area contributed by atoms with Gasteiger partial charge in [0.1, 0.15) is 0 Å². The second-order valence-corrected chi connectivity index (χ2v) is 4.96. The van der Waals surface area contributed by atoms with Crippen molar-refractivity contribution in [2.75, 3.05) is 11.1 Å². The molecule has 1 aliphatic rings. The maximum Gasteiger partial charge on any atom is 0.0400 e. The van der Waals surface area contributed by atoms with Crippen LogP contribution in [0.1, 0.15) is 38.7 Å². The largest absolute Gasteiger partial charge is 0.399 e. The highest BCUT2D eigenvalue weighted by atomic mass is 15.0. The van der Waals surface area contributed by atoms with Crippen molar-refractivity contribution in [3.63, 3.8) is 0 Å². The van der Waals surface area contributed by atoms with E-state index in [1.165, 1.54) is 17.7 Å². The van der Waals surface area contributed by atoms with Crippen LogP contribution in [0.3, 0.4) is 0 Å². The van der Waals surface area contributed by atoms with Crippen LogP contribution in [0.15, 0.2) is 18.2 Å². The summed E-state index contributed by atoms with van der Waals surface area (Å²) < 4.78 is 0. The highest BCUT2D eigenvalue weighted by molar-refractivity contribution is 5.63. The molecular formula is C12H18N2. The third-order valence-electron chi connectivity index (χ3n) is 2.90. The number of nitrogen functional groups attached to an aromatic ring is 1. The molecule has 0 aromatic heterocycles. The molecule has 0 radical (unpaired) electrons. The summed E-state index contributed by atoms with van der Waals surface area (Å²) in [5.74, 6) is 0.613. The smallest absolute Gasteiger partial charge is 0.0400 e. The predicted molar refractivity (Wildman–Crippen MR) is 61.6 cm³/mol. The van der Waals surface area contributed by atoms with Crippen molar-refractivity contribution in [1.82, 2.24) is 0 Å². The number of nitrogens with two attached hydrogens (primary N) is 1. The van der Waals surface area contributed by atoms with Crippen LogP contribution in [0.4, 0.5) is 11.4 Å². The van der Waals surface area contributed by atoms with Crippen LogP contribution in [0.2, 0.25) is 0 Å². The average molecular weight is 190 g/mol. The predicted octanol–water partition coefficient (Wildman–Crippen LogP) is 2.97. The lowest BCUT2D eigenvalue weighted by Gasteiger charge is -2.37. The van der Waals surface area contributed by atoms with E-state index in [-0.39, 0.29) is 5.54 Å². The van der Waals surface area contributed by atoms with Crippen LogP contribution >= 0.6 is 0 Å². The Morgan fingerprint density at radius 1 is 1.43 bits per heavy atom. The fourth-order valence-electron chi connectivity index (χ4n) is 2.40. The van der Waals surface area contributed by atoms with Crippen molar-refractivity contribution in [3.8, 4) is 0 Å². The summed E-state index contributed by atoms with van der Waals surface area (Å²) in [7, 11) is 0. The van der Waals surface area contributed by atoms with Gasteiger partial charge in [0.2, 0.25) is 0 Å². The molecule has 0 saturated heterocycles. The lowest BCUT2D eigenvalue weighted by Crippen LogP contribution is -2.36. The molecule has 2 heteroatoms. The first kappa shape index (κ1) is 9.38. The fraction of sp³-hybridized carbons (Fsp3) is 0.500. The molecule has 76 valence electrons. The Morgan fingerprint density at radius 2 is 2.14 bits per heavy atom. The highest BCUT2D eigenvalue weighted by Gasteiger charge is 2.28.